The van der Waals surface area contributed by atoms with Crippen LogP contribution in [0.15, 0.2) is 24.3 Å². The molecule has 0 fully saturated rings. The molecular weight excluding hydrogens is 188 g/mol. The first-order valence-corrected chi connectivity index (χ1v) is 4.63. The SMILES string of the molecule is CCOC(CO)c1ccc(Cl)cc1. The van der Waals surface area contributed by atoms with Gasteiger partial charge in [0.05, 0.1) is 6.61 Å². The lowest BCUT2D eigenvalue weighted by molar-refractivity contribution is 0.0189. The van der Waals surface area contributed by atoms with Gasteiger partial charge in [-0.25, -0.2) is 0 Å². The molecule has 1 N–H and O–H groups in total. The largest absolute Gasteiger partial charge is 0.393 e. The highest BCUT2D eigenvalue weighted by molar-refractivity contribution is 6.30. The number of aliphatic hydroxyl groups excluding tert-OH is 1. The molecule has 1 atom stereocenters. The number of rotatable bonds is 4. The summed E-state index contributed by atoms with van der Waals surface area (Å²) in [5, 5.41) is 9.71. The maximum atomic E-state index is 9.02. The Labute approximate surface area is 83.1 Å². The third-order valence-electron chi connectivity index (χ3n) is 1.78. The highest BCUT2D eigenvalue weighted by atomic mass is 35.5. The van der Waals surface area contributed by atoms with E-state index in [4.69, 9.17) is 21.4 Å². The molecule has 13 heavy (non-hydrogen) atoms. The summed E-state index contributed by atoms with van der Waals surface area (Å²) in [6.07, 6.45) is -0.234. The molecule has 1 aromatic rings. The maximum absolute atomic E-state index is 9.02. The molecule has 0 heterocycles. The molecule has 1 unspecified atom stereocenters. The molecule has 0 amide bonds. The number of ether oxygens (including phenoxy) is 1. The molecule has 0 aromatic heterocycles. The first-order valence-electron chi connectivity index (χ1n) is 4.25. The number of hydrogen-bond acceptors (Lipinski definition) is 2. The molecule has 0 bridgehead atoms. The third kappa shape index (κ3) is 2.99. The Morgan fingerprint density at radius 3 is 2.46 bits per heavy atom. The van der Waals surface area contributed by atoms with Gasteiger partial charge in [0, 0.05) is 11.6 Å². The van der Waals surface area contributed by atoms with Gasteiger partial charge in [0.1, 0.15) is 6.10 Å². The highest BCUT2D eigenvalue weighted by Gasteiger charge is 2.08. The van der Waals surface area contributed by atoms with Crippen LogP contribution in [0.5, 0.6) is 0 Å². The molecular formula is C10H13ClO2. The zero-order chi connectivity index (χ0) is 9.68. The summed E-state index contributed by atoms with van der Waals surface area (Å²) in [5.74, 6) is 0. The number of benzene rings is 1. The second-order valence-corrected chi connectivity index (χ2v) is 3.11. The van der Waals surface area contributed by atoms with Crippen molar-refractivity contribution in [2.75, 3.05) is 13.2 Å². The minimum atomic E-state index is -0.234. The van der Waals surface area contributed by atoms with Gasteiger partial charge in [-0.15, -0.1) is 0 Å². The van der Waals surface area contributed by atoms with Gasteiger partial charge in [-0.1, -0.05) is 23.7 Å². The first kappa shape index (κ1) is 10.5. The van der Waals surface area contributed by atoms with Crippen LogP contribution in [0.1, 0.15) is 18.6 Å². The number of aliphatic hydroxyl groups is 1. The molecule has 1 rings (SSSR count). The van der Waals surface area contributed by atoms with E-state index in [2.05, 4.69) is 0 Å². The summed E-state index contributed by atoms with van der Waals surface area (Å²) < 4.78 is 5.32. The monoisotopic (exact) mass is 200 g/mol. The van der Waals surface area contributed by atoms with Crippen molar-refractivity contribution < 1.29 is 9.84 Å². The van der Waals surface area contributed by atoms with Gasteiger partial charge in [-0.3, -0.25) is 0 Å². The van der Waals surface area contributed by atoms with Crippen LogP contribution in [0.3, 0.4) is 0 Å². The van der Waals surface area contributed by atoms with Gasteiger partial charge < -0.3 is 9.84 Å². The molecule has 0 aliphatic carbocycles. The van der Waals surface area contributed by atoms with Gasteiger partial charge in [0.25, 0.3) is 0 Å². The Morgan fingerprint density at radius 1 is 1.38 bits per heavy atom. The molecule has 0 spiro atoms. The van der Waals surface area contributed by atoms with Crippen molar-refractivity contribution in [2.24, 2.45) is 0 Å². The summed E-state index contributed by atoms with van der Waals surface area (Å²) in [4.78, 5) is 0. The predicted molar refractivity (Wildman–Crippen MR) is 52.9 cm³/mol. The Morgan fingerprint density at radius 2 is 2.00 bits per heavy atom. The summed E-state index contributed by atoms with van der Waals surface area (Å²) in [7, 11) is 0. The summed E-state index contributed by atoms with van der Waals surface area (Å²) in [6, 6.07) is 7.30. The molecule has 2 nitrogen and oxygen atoms in total. The average molecular weight is 201 g/mol. The fourth-order valence-electron chi connectivity index (χ4n) is 1.13. The van der Waals surface area contributed by atoms with Crippen LogP contribution in [-0.4, -0.2) is 18.3 Å². The topological polar surface area (TPSA) is 29.5 Å². The van der Waals surface area contributed by atoms with E-state index in [1.807, 2.05) is 19.1 Å². The fraction of sp³-hybridized carbons (Fsp3) is 0.400. The minimum Gasteiger partial charge on any atom is -0.393 e. The lowest BCUT2D eigenvalue weighted by Crippen LogP contribution is -2.08. The highest BCUT2D eigenvalue weighted by Crippen LogP contribution is 2.18. The van der Waals surface area contributed by atoms with Crippen LogP contribution in [0.2, 0.25) is 5.02 Å². The zero-order valence-corrected chi connectivity index (χ0v) is 8.29. The molecule has 0 saturated carbocycles. The van der Waals surface area contributed by atoms with Crippen molar-refractivity contribution in [1.29, 1.82) is 0 Å². The van der Waals surface area contributed by atoms with E-state index in [0.29, 0.717) is 11.6 Å². The summed E-state index contributed by atoms with van der Waals surface area (Å²) in [5.41, 5.74) is 0.953. The van der Waals surface area contributed by atoms with Crippen LogP contribution >= 0.6 is 11.6 Å². The normalized spacial score (nSPS) is 12.8. The number of halogens is 1. The van der Waals surface area contributed by atoms with E-state index in [1.54, 1.807) is 12.1 Å². The molecule has 0 aliphatic heterocycles. The lowest BCUT2D eigenvalue weighted by Gasteiger charge is -2.14. The van der Waals surface area contributed by atoms with Crippen molar-refractivity contribution in [3.8, 4) is 0 Å². The smallest absolute Gasteiger partial charge is 0.105 e. The van der Waals surface area contributed by atoms with Gasteiger partial charge >= 0.3 is 0 Å². The lowest BCUT2D eigenvalue weighted by atomic mass is 10.1. The van der Waals surface area contributed by atoms with Crippen molar-refractivity contribution in [3.63, 3.8) is 0 Å². The van der Waals surface area contributed by atoms with Crippen LogP contribution < -0.4 is 0 Å². The van der Waals surface area contributed by atoms with E-state index in [9.17, 15) is 0 Å². The van der Waals surface area contributed by atoms with E-state index in [0.717, 1.165) is 5.56 Å². The Kier molecular flexibility index (Phi) is 4.22. The van der Waals surface area contributed by atoms with Crippen LogP contribution in [0.4, 0.5) is 0 Å². The Balaban J connectivity index is 2.73. The third-order valence-corrected chi connectivity index (χ3v) is 2.03. The second kappa shape index (κ2) is 5.22. The quantitative estimate of drug-likeness (QED) is 0.809. The maximum Gasteiger partial charge on any atom is 0.105 e. The van der Waals surface area contributed by atoms with Crippen LogP contribution in [0, 0.1) is 0 Å². The molecule has 3 heteroatoms. The van der Waals surface area contributed by atoms with E-state index in [1.165, 1.54) is 0 Å². The van der Waals surface area contributed by atoms with Gasteiger partial charge in [0.15, 0.2) is 0 Å². The summed E-state index contributed by atoms with van der Waals surface area (Å²) >= 11 is 5.73. The number of hydrogen-bond donors (Lipinski definition) is 1. The molecule has 72 valence electrons. The van der Waals surface area contributed by atoms with Gasteiger partial charge in [-0.05, 0) is 24.6 Å². The Bertz CT molecular complexity index is 246. The van der Waals surface area contributed by atoms with Crippen molar-refractivity contribution in [2.45, 2.75) is 13.0 Å². The van der Waals surface area contributed by atoms with E-state index < -0.39 is 0 Å². The predicted octanol–water partition coefficient (Wildman–Crippen LogP) is 2.41. The van der Waals surface area contributed by atoms with Crippen LogP contribution in [-0.2, 0) is 4.74 Å². The van der Waals surface area contributed by atoms with E-state index >= 15 is 0 Å². The fourth-order valence-corrected chi connectivity index (χ4v) is 1.26. The average Bonchev–Trinajstić information content (AvgIpc) is 2.16. The minimum absolute atomic E-state index is 0.00449. The molecule has 1 aromatic carbocycles. The second-order valence-electron chi connectivity index (χ2n) is 2.68. The molecule has 0 radical (unpaired) electrons. The molecule has 0 saturated heterocycles. The summed E-state index contributed by atoms with van der Waals surface area (Å²) in [6.45, 7) is 2.49. The van der Waals surface area contributed by atoms with Crippen molar-refractivity contribution in [1.82, 2.24) is 0 Å². The van der Waals surface area contributed by atoms with Crippen molar-refractivity contribution in [3.05, 3.63) is 34.9 Å². The van der Waals surface area contributed by atoms with Gasteiger partial charge in [-0.2, -0.15) is 0 Å². The van der Waals surface area contributed by atoms with Crippen LogP contribution in [0.25, 0.3) is 0 Å². The Hall–Kier alpha value is -0.570. The van der Waals surface area contributed by atoms with E-state index in [-0.39, 0.29) is 12.7 Å². The van der Waals surface area contributed by atoms with Gasteiger partial charge in [0.2, 0.25) is 0 Å². The zero-order valence-electron chi connectivity index (χ0n) is 7.53. The standard InChI is InChI=1S/C10H13ClO2/c1-2-13-10(7-12)8-3-5-9(11)6-4-8/h3-6,10,12H,2,7H2,1H3. The molecule has 0 aliphatic rings. The first-order chi connectivity index (χ1) is 6.27. The van der Waals surface area contributed by atoms with Crippen molar-refractivity contribution >= 4 is 11.6 Å².